The summed E-state index contributed by atoms with van der Waals surface area (Å²) in [7, 11) is 0. The third-order valence-corrected chi connectivity index (χ3v) is 6.42. The molecule has 0 spiro atoms. The van der Waals surface area contributed by atoms with Crippen LogP contribution in [0.3, 0.4) is 0 Å². The molecule has 4 nitrogen and oxygen atoms in total. The summed E-state index contributed by atoms with van der Waals surface area (Å²) in [5, 5.41) is 20.3. The standard InChI is InChI=1S/C28H55NO3/c1-3-5-7-9-11-12-13-14-15-16-18-19-21-23-25(30)27(29)28(32)26(31)24-22-20-17-10-8-6-4-2/h21,23,25,27-28,30,32H,3-20,22,24,29H2,1-2H3/b23-21+/t25-,27-,28?/m1/s1. The van der Waals surface area contributed by atoms with E-state index in [-0.39, 0.29) is 5.78 Å². The van der Waals surface area contributed by atoms with Gasteiger partial charge < -0.3 is 15.9 Å². The fourth-order valence-electron chi connectivity index (χ4n) is 4.10. The molecule has 32 heavy (non-hydrogen) atoms. The molecule has 0 aliphatic carbocycles. The molecule has 4 heteroatoms. The number of hydrogen-bond acceptors (Lipinski definition) is 4. The Balaban J connectivity index is 3.72. The first-order chi connectivity index (χ1) is 15.5. The van der Waals surface area contributed by atoms with Crippen molar-refractivity contribution in [2.75, 3.05) is 0 Å². The first-order valence-electron chi connectivity index (χ1n) is 13.9. The van der Waals surface area contributed by atoms with Gasteiger partial charge in [0.2, 0.25) is 0 Å². The normalized spacial score (nSPS) is 14.7. The monoisotopic (exact) mass is 453 g/mol. The maximum atomic E-state index is 12.1. The van der Waals surface area contributed by atoms with E-state index in [9.17, 15) is 15.0 Å². The third-order valence-electron chi connectivity index (χ3n) is 6.42. The van der Waals surface area contributed by atoms with Gasteiger partial charge in [0, 0.05) is 6.42 Å². The molecule has 4 N–H and O–H groups in total. The zero-order valence-electron chi connectivity index (χ0n) is 21.4. The number of carbonyl (C=O) groups is 1. The summed E-state index contributed by atoms with van der Waals surface area (Å²) in [6.45, 7) is 4.46. The number of nitrogens with two attached hydrogens (primary N) is 1. The number of allylic oxidation sites excluding steroid dienone is 1. The second kappa shape index (κ2) is 23.4. The summed E-state index contributed by atoms with van der Waals surface area (Å²) in [6.07, 6.45) is 25.0. The van der Waals surface area contributed by atoms with E-state index in [1.165, 1.54) is 89.9 Å². The Bertz CT molecular complexity index is 438. The molecule has 0 aromatic rings. The van der Waals surface area contributed by atoms with E-state index in [2.05, 4.69) is 13.8 Å². The highest BCUT2D eigenvalue weighted by atomic mass is 16.3. The van der Waals surface area contributed by atoms with E-state index in [1.54, 1.807) is 6.08 Å². The number of ketones is 1. The molecule has 0 aromatic heterocycles. The molecule has 0 aliphatic heterocycles. The largest absolute Gasteiger partial charge is 0.387 e. The van der Waals surface area contributed by atoms with Gasteiger partial charge in [-0.1, -0.05) is 129 Å². The van der Waals surface area contributed by atoms with Crippen molar-refractivity contribution < 1.29 is 15.0 Å². The van der Waals surface area contributed by atoms with Gasteiger partial charge in [0.15, 0.2) is 5.78 Å². The van der Waals surface area contributed by atoms with Gasteiger partial charge in [-0.05, 0) is 19.3 Å². The van der Waals surface area contributed by atoms with Gasteiger partial charge in [-0.3, -0.25) is 4.79 Å². The van der Waals surface area contributed by atoms with Gasteiger partial charge in [-0.25, -0.2) is 0 Å². The number of hydrogen-bond donors (Lipinski definition) is 3. The third kappa shape index (κ3) is 18.8. The van der Waals surface area contributed by atoms with E-state index in [4.69, 9.17) is 5.73 Å². The Labute approximate surface area is 199 Å². The highest BCUT2D eigenvalue weighted by molar-refractivity contribution is 5.83. The lowest BCUT2D eigenvalue weighted by Crippen LogP contribution is -2.47. The summed E-state index contributed by atoms with van der Waals surface area (Å²) in [5.74, 6) is -0.246. The Morgan fingerprint density at radius 3 is 1.56 bits per heavy atom. The summed E-state index contributed by atoms with van der Waals surface area (Å²) < 4.78 is 0. The second-order valence-electron chi connectivity index (χ2n) is 9.60. The van der Waals surface area contributed by atoms with Crippen LogP contribution in [0, 0.1) is 0 Å². The molecule has 0 saturated heterocycles. The molecule has 0 aromatic carbocycles. The van der Waals surface area contributed by atoms with E-state index < -0.39 is 18.2 Å². The number of rotatable bonds is 24. The summed E-state index contributed by atoms with van der Waals surface area (Å²) in [5.41, 5.74) is 5.92. The fraction of sp³-hybridized carbons (Fsp3) is 0.893. The predicted molar refractivity (Wildman–Crippen MR) is 138 cm³/mol. The van der Waals surface area contributed by atoms with E-state index in [1.807, 2.05) is 6.08 Å². The minimum absolute atomic E-state index is 0.246. The van der Waals surface area contributed by atoms with Crippen LogP contribution in [0.4, 0.5) is 0 Å². The van der Waals surface area contributed by atoms with Crippen LogP contribution in [0.1, 0.15) is 142 Å². The highest BCUT2D eigenvalue weighted by Crippen LogP contribution is 2.13. The van der Waals surface area contributed by atoms with Gasteiger partial charge in [0.05, 0.1) is 12.1 Å². The highest BCUT2D eigenvalue weighted by Gasteiger charge is 2.26. The molecule has 0 rings (SSSR count). The van der Waals surface area contributed by atoms with Crippen LogP contribution in [0.5, 0.6) is 0 Å². The Kier molecular flexibility index (Phi) is 22.9. The van der Waals surface area contributed by atoms with E-state index in [0.29, 0.717) is 6.42 Å². The van der Waals surface area contributed by atoms with Gasteiger partial charge >= 0.3 is 0 Å². The van der Waals surface area contributed by atoms with E-state index >= 15 is 0 Å². The summed E-state index contributed by atoms with van der Waals surface area (Å²) >= 11 is 0. The van der Waals surface area contributed by atoms with Crippen molar-refractivity contribution in [1.29, 1.82) is 0 Å². The van der Waals surface area contributed by atoms with Crippen molar-refractivity contribution in [3.05, 3.63) is 12.2 Å². The average molecular weight is 454 g/mol. The quantitative estimate of drug-likeness (QED) is 0.108. The van der Waals surface area contributed by atoms with Crippen molar-refractivity contribution in [1.82, 2.24) is 0 Å². The van der Waals surface area contributed by atoms with Gasteiger partial charge in [-0.15, -0.1) is 0 Å². The molecule has 0 amide bonds. The second-order valence-corrected chi connectivity index (χ2v) is 9.60. The van der Waals surface area contributed by atoms with Crippen LogP contribution in [-0.4, -0.2) is 34.2 Å². The topological polar surface area (TPSA) is 83.6 Å². The van der Waals surface area contributed by atoms with Crippen LogP contribution >= 0.6 is 0 Å². The summed E-state index contributed by atoms with van der Waals surface area (Å²) in [4.78, 5) is 12.1. The fourth-order valence-corrected chi connectivity index (χ4v) is 4.10. The zero-order chi connectivity index (χ0) is 23.9. The lowest BCUT2D eigenvalue weighted by atomic mass is 9.97. The van der Waals surface area contributed by atoms with Gasteiger partial charge in [0.25, 0.3) is 0 Å². The predicted octanol–water partition coefficient (Wildman–Crippen LogP) is 7.00. The van der Waals surface area contributed by atoms with E-state index in [0.717, 1.165) is 32.1 Å². The SMILES string of the molecule is CCCCCCCCCCCCC/C=C/[C@@H](O)[C@@H](N)C(O)C(=O)CCCCCCCCC. The number of unbranched alkanes of at least 4 members (excludes halogenated alkanes) is 17. The van der Waals surface area contributed by atoms with Crippen LogP contribution in [0.25, 0.3) is 0 Å². The number of Topliss-reactive ketones (excluding diaryl/α,β-unsaturated/α-hetero) is 1. The Morgan fingerprint density at radius 2 is 1.09 bits per heavy atom. The molecule has 0 radical (unpaired) electrons. The molecule has 1 unspecified atom stereocenters. The first kappa shape index (κ1) is 31.3. The number of carbonyl (C=O) groups excluding carboxylic acids is 1. The van der Waals surface area contributed by atoms with Crippen molar-refractivity contribution in [2.24, 2.45) is 5.73 Å². The summed E-state index contributed by atoms with van der Waals surface area (Å²) in [6, 6.07) is -0.944. The van der Waals surface area contributed by atoms with Crippen LogP contribution < -0.4 is 5.73 Å². The Hall–Kier alpha value is -0.710. The minimum atomic E-state index is -1.28. The van der Waals surface area contributed by atoms with Gasteiger partial charge in [0.1, 0.15) is 6.10 Å². The maximum Gasteiger partial charge on any atom is 0.162 e. The molecule has 0 fully saturated rings. The lowest BCUT2D eigenvalue weighted by molar-refractivity contribution is -0.129. The maximum absolute atomic E-state index is 12.1. The van der Waals surface area contributed by atoms with Gasteiger partial charge in [-0.2, -0.15) is 0 Å². The van der Waals surface area contributed by atoms with Crippen LogP contribution in [0.2, 0.25) is 0 Å². The lowest BCUT2D eigenvalue weighted by Gasteiger charge is -2.21. The molecule has 0 bridgehead atoms. The molecular weight excluding hydrogens is 398 g/mol. The van der Waals surface area contributed by atoms with Crippen LogP contribution in [0.15, 0.2) is 12.2 Å². The minimum Gasteiger partial charge on any atom is -0.387 e. The van der Waals surface area contributed by atoms with Crippen molar-refractivity contribution in [3.63, 3.8) is 0 Å². The van der Waals surface area contributed by atoms with Crippen LogP contribution in [-0.2, 0) is 4.79 Å². The molecular formula is C28H55NO3. The van der Waals surface area contributed by atoms with Crippen molar-refractivity contribution in [3.8, 4) is 0 Å². The zero-order valence-corrected chi connectivity index (χ0v) is 21.4. The van der Waals surface area contributed by atoms with Crippen molar-refractivity contribution >= 4 is 5.78 Å². The molecule has 190 valence electrons. The first-order valence-corrected chi connectivity index (χ1v) is 13.9. The molecule has 0 saturated carbocycles. The number of aliphatic hydroxyl groups is 2. The van der Waals surface area contributed by atoms with Crippen molar-refractivity contribution in [2.45, 2.75) is 161 Å². The molecule has 0 heterocycles. The smallest absolute Gasteiger partial charge is 0.162 e. The molecule has 0 aliphatic rings. The Morgan fingerprint density at radius 1 is 0.688 bits per heavy atom. The molecule has 3 atom stereocenters. The average Bonchev–Trinajstić information content (AvgIpc) is 2.80. The number of aliphatic hydroxyl groups excluding tert-OH is 2.